The van der Waals surface area contributed by atoms with Gasteiger partial charge in [-0.2, -0.15) is 0 Å². The topological polar surface area (TPSA) is 91.3 Å². The van der Waals surface area contributed by atoms with Gasteiger partial charge in [0.25, 0.3) is 5.91 Å². The molecule has 0 saturated heterocycles. The van der Waals surface area contributed by atoms with Gasteiger partial charge in [-0.25, -0.2) is 4.98 Å². The van der Waals surface area contributed by atoms with Crippen LogP contribution in [0.5, 0.6) is 0 Å². The van der Waals surface area contributed by atoms with Gasteiger partial charge in [0.15, 0.2) is 5.13 Å². The second-order valence-electron chi connectivity index (χ2n) is 5.79. The molecule has 0 radical (unpaired) electrons. The third-order valence-electron chi connectivity index (χ3n) is 3.84. The number of carboxylic acids is 1. The van der Waals surface area contributed by atoms with Crippen LogP contribution in [0.2, 0.25) is 0 Å². The van der Waals surface area contributed by atoms with E-state index in [0.29, 0.717) is 11.3 Å². The largest absolute Gasteiger partial charge is 0.480 e. The molecular weight excluding hydrogens is 362 g/mol. The highest BCUT2D eigenvalue weighted by molar-refractivity contribution is 7.16. The standard InChI is InChI=1S/C20H19N3O3S/c1-2-16-18(13-7-4-3-5-8-13)23-20(27-16)22-15-10-6-9-14(11-15)19(26)21-12-17(24)25/h3-11H,2,12H2,1H3,(H,21,26)(H,22,23)(H,24,25). The molecule has 1 aromatic heterocycles. The fraction of sp³-hybridized carbons (Fsp3) is 0.150. The first kappa shape index (κ1) is 18.6. The number of carbonyl (C=O) groups is 2. The van der Waals surface area contributed by atoms with Crippen molar-refractivity contribution >= 4 is 34.0 Å². The van der Waals surface area contributed by atoms with E-state index < -0.39 is 18.4 Å². The molecule has 2 aromatic carbocycles. The van der Waals surface area contributed by atoms with Gasteiger partial charge in [0.05, 0.1) is 5.69 Å². The summed E-state index contributed by atoms with van der Waals surface area (Å²) in [5.74, 6) is -1.51. The minimum Gasteiger partial charge on any atom is -0.480 e. The number of aromatic nitrogens is 1. The molecule has 3 rings (SSSR count). The molecule has 3 N–H and O–H groups in total. The molecule has 0 aliphatic heterocycles. The van der Waals surface area contributed by atoms with Gasteiger partial charge in [0, 0.05) is 21.7 Å². The van der Waals surface area contributed by atoms with Crippen LogP contribution in [0.15, 0.2) is 54.6 Å². The van der Waals surface area contributed by atoms with Gasteiger partial charge in [-0.1, -0.05) is 43.3 Å². The summed E-state index contributed by atoms with van der Waals surface area (Å²) in [7, 11) is 0. The number of amides is 1. The number of thiazole rings is 1. The fourth-order valence-corrected chi connectivity index (χ4v) is 3.53. The van der Waals surface area contributed by atoms with Gasteiger partial charge in [-0.05, 0) is 24.6 Å². The highest BCUT2D eigenvalue weighted by Crippen LogP contribution is 2.33. The molecule has 1 amide bonds. The van der Waals surface area contributed by atoms with Gasteiger partial charge >= 0.3 is 5.97 Å². The van der Waals surface area contributed by atoms with E-state index in [9.17, 15) is 9.59 Å². The quantitative estimate of drug-likeness (QED) is 0.577. The Morgan fingerprint density at radius 2 is 1.89 bits per heavy atom. The molecule has 0 aliphatic rings. The van der Waals surface area contributed by atoms with E-state index in [1.54, 1.807) is 29.5 Å². The average Bonchev–Trinajstić information content (AvgIpc) is 3.09. The van der Waals surface area contributed by atoms with Crippen molar-refractivity contribution in [3.05, 3.63) is 65.0 Å². The van der Waals surface area contributed by atoms with E-state index in [-0.39, 0.29) is 0 Å². The highest BCUT2D eigenvalue weighted by Gasteiger charge is 2.13. The molecule has 138 valence electrons. The molecule has 1 heterocycles. The average molecular weight is 381 g/mol. The number of carboxylic acid groups (broad SMARTS) is 1. The first-order chi connectivity index (χ1) is 13.1. The zero-order valence-corrected chi connectivity index (χ0v) is 15.5. The molecule has 0 unspecified atom stereocenters. The monoisotopic (exact) mass is 381 g/mol. The molecular formula is C20H19N3O3S. The zero-order chi connectivity index (χ0) is 19.2. The predicted molar refractivity (Wildman–Crippen MR) is 107 cm³/mol. The molecule has 3 aromatic rings. The van der Waals surface area contributed by atoms with Crippen molar-refractivity contribution in [1.82, 2.24) is 10.3 Å². The van der Waals surface area contributed by atoms with Crippen LogP contribution in [0.1, 0.15) is 22.2 Å². The van der Waals surface area contributed by atoms with Crippen molar-refractivity contribution < 1.29 is 14.7 Å². The zero-order valence-electron chi connectivity index (χ0n) is 14.7. The van der Waals surface area contributed by atoms with Crippen LogP contribution in [-0.2, 0) is 11.2 Å². The summed E-state index contributed by atoms with van der Waals surface area (Å²) in [5, 5.41) is 15.0. The van der Waals surface area contributed by atoms with Crippen molar-refractivity contribution in [2.75, 3.05) is 11.9 Å². The summed E-state index contributed by atoms with van der Waals surface area (Å²) >= 11 is 1.58. The van der Waals surface area contributed by atoms with Crippen LogP contribution in [0, 0.1) is 0 Å². The third-order valence-corrected chi connectivity index (χ3v) is 4.96. The summed E-state index contributed by atoms with van der Waals surface area (Å²) in [6.45, 7) is 1.68. The number of carbonyl (C=O) groups excluding carboxylic acids is 1. The summed E-state index contributed by atoms with van der Waals surface area (Å²) in [5.41, 5.74) is 3.13. The lowest BCUT2D eigenvalue weighted by molar-refractivity contribution is -0.135. The lowest BCUT2D eigenvalue weighted by atomic mass is 10.1. The Balaban J connectivity index is 1.80. The van der Waals surface area contributed by atoms with E-state index in [1.807, 2.05) is 36.4 Å². The van der Waals surface area contributed by atoms with E-state index in [4.69, 9.17) is 10.1 Å². The molecule has 6 nitrogen and oxygen atoms in total. The Labute approximate surface area is 160 Å². The van der Waals surface area contributed by atoms with Crippen LogP contribution >= 0.6 is 11.3 Å². The van der Waals surface area contributed by atoms with E-state index >= 15 is 0 Å². The highest BCUT2D eigenvalue weighted by atomic mass is 32.1. The van der Waals surface area contributed by atoms with Gasteiger partial charge < -0.3 is 15.7 Å². The third kappa shape index (κ3) is 4.71. The SMILES string of the molecule is CCc1sc(Nc2cccc(C(=O)NCC(=O)O)c2)nc1-c1ccccc1. The number of aliphatic carboxylic acids is 1. The van der Waals surface area contributed by atoms with Crippen molar-refractivity contribution in [1.29, 1.82) is 0 Å². The summed E-state index contributed by atoms with van der Waals surface area (Å²) in [6.07, 6.45) is 0.876. The summed E-state index contributed by atoms with van der Waals surface area (Å²) in [4.78, 5) is 28.5. The minimum absolute atomic E-state index is 0.386. The number of rotatable bonds is 7. The van der Waals surface area contributed by atoms with Crippen LogP contribution in [0.3, 0.4) is 0 Å². The molecule has 0 spiro atoms. The van der Waals surface area contributed by atoms with Crippen LogP contribution in [-0.4, -0.2) is 28.5 Å². The van der Waals surface area contributed by atoms with Crippen LogP contribution in [0.4, 0.5) is 10.8 Å². The maximum absolute atomic E-state index is 12.0. The fourth-order valence-electron chi connectivity index (χ4n) is 2.59. The first-order valence-electron chi connectivity index (χ1n) is 8.49. The molecule has 7 heteroatoms. The van der Waals surface area contributed by atoms with Crippen LogP contribution < -0.4 is 10.6 Å². The Bertz CT molecular complexity index is 954. The summed E-state index contributed by atoms with van der Waals surface area (Å²) < 4.78 is 0. The Hall–Kier alpha value is -3.19. The molecule has 0 aliphatic carbocycles. The first-order valence-corrected chi connectivity index (χ1v) is 9.30. The molecule has 0 fully saturated rings. The van der Waals surface area contributed by atoms with Crippen LogP contribution in [0.25, 0.3) is 11.3 Å². The van der Waals surface area contributed by atoms with E-state index in [0.717, 1.165) is 22.8 Å². The molecule has 0 atom stereocenters. The minimum atomic E-state index is -1.08. The normalized spacial score (nSPS) is 10.4. The lowest BCUT2D eigenvalue weighted by Crippen LogP contribution is -2.29. The Morgan fingerprint density at radius 1 is 1.11 bits per heavy atom. The van der Waals surface area contributed by atoms with Gasteiger partial charge in [0.2, 0.25) is 0 Å². The maximum Gasteiger partial charge on any atom is 0.322 e. The number of nitrogens with zero attached hydrogens (tertiary/aromatic N) is 1. The van der Waals surface area contributed by atoms with E-state index in [1.165, 1.54) is 4.88 Å². The number of nitrogens with one attached hydrogen (secondary N) is 2. The Morgan fingerprint density at radius 3 is 2.59 bits per heavy atom. The van der Waals surface area contributed by atoms with Crippen molar-refractivity contribution in [2.45, 2.75) is 13.3 Å². The second kappa shape index (κ2) is 8.46. The van der Waals surface area contributed by atoms with Crippen molar-refractivity contribution in [2.24, 2.45) is 0 Å². The predicted octanol–water partition coefficient (Wildman–Crippen LogP) is 3.93. The maximum atomic E-state index is 12.0. The number of aryl methyl sites for hydroxylation is 1. The van der Waals surface area contributed by atoms with Gasteiger partial charge in [-0.3, -0.25) is 9.59 Å². The number of anilines is 2. The molecule has 0 bridgehead atoms. The number of hydrogen-bond acceptors (Lipinski definition) is 5. The van der Waals surface area contributed by atoms with E-state index in [2.05, 4.69) is 17.6 Å². The lowest BCUT2D eigenvalue weighted by Gasteiger charge is -2.06. The van der Waals surface area contributed by atoms with Crippen molar-refractivity contribution in [3.8, 4) is 11.3 Å². The number of hydrogen-bond donors (Lipinski definition) is 3. The second-order valence-corrected chi connectivity index (χ2v) is 6.88. The van der Waals surface area contributed by atoms with Gasteiger partial charge in [0.1, 0.15) is 6.54 Å². The smallest absolute Gasteiger partial charge is 0.322 e. The Kier molecular flexibility index (Phi) is 5.83. The molecule has 0 saturated carbocycles. The number of benzene rings is 2. The van der Waals surface area contributed by atoms with Gasteiger partial charge in [-0.15, -0.1) is 11.3 Å². The van der Waals surface area contributed by atoms with Crippen molar-refractivity contribution in [3.63, 3.8) is 0 Å². The summed E-state index contributed by atoms with van der Waals surface area (Å²) in [6, 6.07) is 16.9. The molecule has 27 heavy (non-hydrogen) atoms.